The SMILES string of the molecule is COc1ccc([C@H]2Nn3c(C)nnc3S[C@@H]2C(=O)Nc2ccccc2F)cc1. The molecule has 0 saturated heterocycles. The number of hydrogen-bond acceptors (Lipinski definition) is 6. The number of carbonyl (C=O) groups excluding carboxylic acids is 1. The highest BCUT2D eigenvalue weighted by atomic mass is 32.2. The molecule has 0 fully saturated rings. The Morgan fingerprint density at radius 1 is 1.21 bits per heavy atom. The van der Waals surface area contributed by atoms with Gasteiger partial charge in [-0.05, 0) is 36.8 Å². The Kier molecular flexibility index (Phi) is 4.91. The third kappa shape index (κ3) is 3.40. The minimum absolute atomic E-state index is 0.143. The van der Waals surface area contributed by atoms with Gasteiger partial charge < -0.3 is 15.5 Å². The molecule has 9 heteroatoms. The lowest BCUT2D eigenvalue weighted by molar-refractivity contribution is -0.116. The fraction of sp³-hybridized carbons (Fsp3) is 0.211. The molecule has 0 aliphatic carbocycles. The number of rotatable bonds is 4. The molecule has 4 rings (SSSR count). The average molecular weight is 399 g/mol. The van der Waals surface area contributed by atoms with Gasteiger partial charge in [0.05, 0.1) is 18.8 Å². The Morgan fingerprint density at radius 3 is 2.68 bits per heavy atom. The van der Waals surface area contributed by atoms with Crippen molar-refractivity contribution in [3.63, 3.8) is 0 Å². The molecule has 0 saturated carbocycles. The highest BCUT2D eigenvalue weighted by Gasteiger charge is 2.37. The maximum atomic E-state index is 14.0. The molecular formula is C19H18FN5O2S. The number of anilines is 1. The van der Waals surface area contributed by atoms with E-state index >= 15 is 0 Å². The molecule has 0 spiro atoms. The molecule has 1 aromatic heterocycles. The molecule has 2 aromatic carbocycles. The maximum absolute atomic E-state index is 14.0. The predicted octanol–water partition coefficient (Wildman–Crippen LogP) is 3.13. The number of nitrogens with one attached hydrogen (secondary N) is 2. The lowest BCUT2D eigenvalue weighted by atomic mass is 10.0. The fourth-order valence-electron chi connectivity index (χ4n) is 2.99. The number of para-hydroxylation sites is 1. The third-order valence-electron chi connectivity index (χ3n) is 4.46. The number of aryl methyl sites for hydroxylation is 1. The van der Waals surface area contributed by atoms with Gasteiger partial charge >= 0.3 is 0 Å². The van der Waals surface area contributed by atoms with Crippen LogP contribution in [0.3, 0.4) is 0 Å². The zero-order valence-electron chi connectivity index (χ0n) is 15.2. The highest BCUT2D eigenvalue weighted by Crippen LogP contribution is 2.38. The van der Waals surface area contributed by atoms with E-state index in [9.17, 15) is 9.18 Å². The Morgan fingerprint density at radius 2 is 1.96 bits per heavy atom. The van der Waals surface area contributed by atoms with Crippen molar-refractivity contribution in [1.82, 2.24) is 14.9 Å². The number of methoxy groups -OCH3 is 1. The number of amides is 1. The second kappa shape index (κ2) is 7.51. The zero-order valence-corrected chi connectivity index (χ0v) is 16.0. The number of ether oxygens (including phenoxy) is 1. The van der Waals surface area contributed by atoms with Crippen molar-refractivity contribution in [2.45, 2.75) is 23.4 Å². The van der Waals surface area contributed by atoms with E-state index in [1.54, 1.807) is 23.9 Å². The Labute approximate surface area is 165 Å². The van der Waals surface area contributed by atoms with Gasteiger partial charge in [0.1, 0.15) is 22.6 Å². The smallest absolute Gasteiger partial charge is 0.240 e. The van der Waals surface area contributed by atoms with Gasteiger partial charge in [-0.1, -0.05) is 36.0 Å². The number of hydrogen-bond donors (Lipinski definition) is 2. The largest absolute Gasteiger partial charge is 0.497 e. The van der Waals surface area contributed by atoms with Crippen LogP contribution in [0.1, 0.15) is 17.4 Å². The molecule has 1 aliphatic rings. The van der Waals surface area contributed by atoms with Crippen molar-refractivity contribution in [2.24, 2.45) is 0 Å². The molecular weight excluding hydrogens is 381 g/mol. The second-order valence-corrected chi connectivity index (χ2v) is 7.36. The summed E-state index contributed by atoms with van der Waals surface area (Å²) in [5.74, 6) is 0.606. The van der Waals surface area contributed by atoms with E-state index in [2.05, 4.69) is 20.9 Å². The zero-order chi connectivity index (χ0) is 19.7. The van der Waals surface area contributed by atoms with Gasteiger partial charge in [-0.15, -0.1) is 10.2 Å². The number of aromatic nitrogens is 3. The van der Waals surface area contributed by atoms with Crippen LogP contribution in [0.2, 0.25) is 0 Å². The quantitative estimate of drug-likeness (QED) is 0.702. The van der Waals surface area contributed by atoms with Crippen LogP contribution >= 0.6 is 11.8 Å². The first-order valence-corrected chi connectivity index (χ1v) is 9.49. The first kappa shape index (κ1) is 18.3. The average Bonchev–Trinajstić information content (AvgIpc) is 3.09. The third-order valence-corrected chi connectivity index (χ3v) is 5.68. The van der Waals surface area contributed by atoms with E-state index in [1.165, 1.54) is 23.9 Å². The molecule has 3 aromatic rings. The van der Waals surface area contributed by atoms with Gasteiger partial charge in [0.25, 0.3) is 0 Å². The Balaban J connectivity index is 1.67. The molecule has 1 aliphatic heterocycles. The lowest BCUT2D eigenvalue weighted by Crippen LogP contribution is -2.41. The van der Waals surface area contributed by atoms with E-state index in [4.69, 9.17) is 4.74 Å². The molecule has 2 heterocycles. The fourth-order valence-corrected chi connectivity index (χ4v) is 4.11. The standard InChI is InChI=1S/C19H18FN5O2S/c1-11-22-23-19-25(11)24-16(12-7-9-13(27-2)10-8-12)17(28-19)18(26)21-15-6-4-3-5-14(15)20/h3-10,16-17,24H,1-2H3,(H,21,26)/t16-,17+/m1/s1. The number of carbonyl (C=O) groups is 1. The second-order valence-electron chi connectivity index (χ2n) is 6.25. The first-order valence-electron chi connectivity index (χ1n) is 8.61. The Bertz CT molecular complexity index is 1010. The van der Waals surface area contributed by atoms with Gasteiger partial charge in [-0.3, -0.25) is 4.79 Å². The van der Waals surface area contributed by atoms with E-state index in [1.807, 2.05) is 31.2 Å². The molecule has 0 radical (unpaired) electrons. The topological polar surface area (TPSA) is 81.1 Å². The van der Waals surface area contributed by atoms with E-state index in [0.29, 0.717) is 11.0 Å². The summed E-state index contributed by atoms with van der Waals surface area (Å²) in [5, 5.41) is 10.9. The molecule has 2 atom stereocenters. The minimum atomic E-state index is -0.580. The summed E-state index contributed by atoms with van der Waals surface area (Å²) in [4.78, 5) is 13.0. The summed E-state index contributed by atoms with van der Waals surface area (Å²) in [6.45, 7) is 1.83. The summed E-state index contributed by atoms with van der Waals surface area (Å²) < 4.78 is 21.0. The molecule has 0 unspecified atom stereocenters. The Hall–Kier alpha value is -3.07. The molecule has 144 valence electrons. The monoisotopic (exact) mass is 399 g/mol. The summed E-state index contributed by atoms with van der Waals surface area (Å²) >= 11 is 1.29. The molecule has 2 N–H and O–H groups in total. The van der Waals surface area contributed by atoms with Gasteiger partial charge in [0.2, 0.25) is 11.1 Å². The van der Waals surface area contributed by atoms with Crippen molar-refractivity contribution in [1.29, 1.82) is 0 Å². The lowest BCUT2D eigenvalue weighted by Gasteiger charge is -2.32. The van der Waals surface area contributed by atoms with Crippen LogP contribution in [0.5, 0.6) is 5.75 Å². The predicted molar refractivity (Wildman–Crippen MR) is 105 cm³/mol. The maximum Gasteiger partial charge on any atom is 0.240 e. The summed E-state index contributed by atoms with van der Waals surface area (Å²) in [6.07, 6.45) is 0. The summed E-state index contributed by atoms with van der Waals surface area (Å²) in [5.41, 5.74) is 4.34. The van der Waals surface area contributed by atoms with E-state index < -0.39 is 11.1 Å². The van der Waals surface area contributed by atoms with E-state index in [0.717, 1.165) is 11.3 Å². The molecule has 0 bridgehead atoms. The van der Waals surface area contributed by atoms with E-state index in [-0.39, 0.29) is 17.6 Å². The van der Waals surface area contributed by atoms with Gasteiger partial charge in [0, 0.05) is 0 Å². The van der Waals surface area contributed by atoms with Crippen LogP contribution in [0, 0.1) is 12.7 Å². The minimum Gasteiger partial charge on any atom is -0.497 e. The first-order chi connectivity index (χ1) is 13.6. The normalized spacial score (nSPS) is 18.1. The number of benzene rings is 2. The van der Waals surface area contributed by atoms with Crippen molar-refractivity contribution in [2.75, 3.05) is 17.9 Å². The van der Waals surface area contributed by atoms with Gasteiger partial charge in [-0.25, -0.2) is 9.07 Å². The number of fused-ring (bicyclic) bond motifs is 1. The van der Waals surface area contributed by atoms with Crippen LogP contribution < -0.4 is 15.5 Å². The van der Waals surface area contributed by atoms with Crippen molar-refractivity contribution < 1.29 is 13.9 Å². The molecule has 28 heavy (non-hydrogen) atoms. The van der Waals surface area contributed by atoms with Crippen molar-refractivity contribution in [3.8, 4) is 5.75 Å². The highest BCUT2D eigenvalue weighted by molar-refractivity contribution is 8.00. The summed E-state index contributed by atoms with van der Waals surface area (Å²) in [6, 6.07) is 13.2. The summed E-state index contributed by atoms with van der Waals surface area (Å²) in [7, 11) is 1.60. The van der Waals surface area contributed by atoms with Crippen LogP contribution in [0.25, 0.3) is 0 Å². The van der Waals surface area contributed by atoms with Gasteiger partial charge in [0.15, 0.2) is 0 Å². The van der Waals surface area contributed by atoms with Crippen molar-refractivity contribution >= 4 is 23.4 Å². The van der Waals surface area contributed by atoms with Crippen molar-refractivity contribution in [3.05, 3.63) is 65.7 Å². The number of nitrogens with zero attached hydrogens (tertiary/aromatic N) is 3. The van der Waals surface area contributed by atoms with Crippen LogP contribution in [0.4, 0.5) is 10.1 Å². The number of thioether (sulfide) groups is 1. The van der Waals surface area contributed by atoms with Crippen LogP contribution in [0.15, 0.2) is 53.7 Å². The van der Waals surface area contributed by atoms with Crippen LogP contribution in [-0.2, 0) is 4.79 Å². The number of halogens is 1. The molecule has 1 amide bonds. The van der Waals surface area contributed by atoms with Crippen LogP contribution in [-0.4, -0.2) is 33.1 Å². The van der Waals surface area contributed by atoms with Gasteiger partial charge in [-0.2, -0.15) is 0 Å². The molecule has 7 nitrogen and oxygen atoms in total.